The van der Waals surface area contributed by atoms with Crippen molar-refractivity contribution in [2.45, 2.75) is 87.0 Å². The molecule has 2 heterocycles. The number of nitrogens with one attached hydrogen (secondary N) is 1. The summed E-state index contributed by atoms with van der Waals surface area (Å²) in [5.41, 5.74) is 1.77. The lowest BCUT2D eigenvalue weighted by molar-refractivity contribution is -0.271. The maximum absolute atomic E-state index is 11.1. The van der Waals surface area contributed by atoms with E-state index in [2.05, 4.69) is 5.32 Å². The minimum atomic E-state index is -2.07. The van der Waals surface area contributed by atoms with E-state index in [1.165, 1.54) is 0 Å². The molecule has 0 aromatic heterocycles. The number of benzene rings is 4. The standard InChI is InChI=1S/C41H46N2O10/c44-26-41(47)37-34(32(45)38(41)46)53-40(42-37)43-39-36(51-24-30-19-11-4-12-20-30)35(50-23-29-17-9-3-10-18-29)33(49-22-28-15-7-2-8-16-28)31(52-39)25-48-21-27-13-5-1-6-14-27/h1-20,31-39,44-47H,21-26H2,(H,42,43)/t31-,32+,33-,34-,35+,36-,37-,38+,39+,41+/m1/s1. The van der Waals surface area contributed by atoms with Crippen LogP contribution in [0.15, 0.2) is 126 Å². The van der Waals surface area contributed by atoms with Crippen molar-refractivity contribution in [2.24, 2.45) is 4.99 Å². The first-order chi connectivity index (χ1) is 25.9. The highest BCUT2D eigenvalue weighted by Crippen LogP contribution is 2.37. The first kappa shape index (κ1) is 37.1. The molecule has 0 radical (unpaired) electrons. The third-order valence-electron chi connectivity index (χ3n) is 9.92. The van der Waals surface area contributed by atoms with E-state index < -0.39 is 67.2 Å². The van der Waals surface area contributed by atoms with Gasteiger partial charge in [-0.15, -0.1) is 0 Å². The third-order valence-corrected chi connectivity index (χ3v) is 9.92. The molecular weight excluding hydrogens is 680 g/mol. The fourth-order valence-corrected chi connectivity index (χ4v) is 7.03. The number of aliphatic hydroxyl groups is 4. The fourth-order valence-electron chi connectivity index (χ4n) is 7.03. The van der Waals surface area contributed by atoms with E-state index in [0.717, 1.165) is 22.3 Å². The lowest BCUT2D eigenvalue weighted by Gasteiger charge is -2.45. The summed E-state index contributed by atoms with van der Waals surface area (Å²) in [7, 11) is 0. The summed E-state index contributed by atoms with van der Waals surface area (Å²) in [5.74, 6) is 0. The third kappa shape index (κ3) is 8.62. The van der Waals surface area contributed by atoms with Gasteiger partial charge in [-0.2, -0.15) is 0 Å². The number of rotatable bonds is 15. The molecule has 0 amide bonds. The lowest BCUT2D eigenvalue weighted by atomic mass is 9.96. The summed E-state index contributed by atoms with van der Waals surface area (Å²) >= 11 is 0. The molecule has 10 atom stereocenters. The van der Waals surface area contributed by atoms with E-state index in [9.17, 15) is 20.4 Å². The second kappa shape index (κ2) is 17.3. The zero-order valence-electron chi connectivity index (χ0n) is 29.2. The van der Waals surface area contributed by atoms with Gasteiger partial charge in [0.2, 0.25) is 0 Å². The molecule has 1 saturated carbocycles. The molecule has 12 heteroatoms. The Kier molecular flexibility index (Phi) is 12.1. The summed E-state index contributed by atoms with van der Waals surface area (Å²) < 4.78 is 39.0. The number of hydrogen-bond acceptors (Lipinski definition) is 11. The number of ether oxygens (including phenoxy) is 6. The average molecular weight is 727 g/mol. The number of aliphatic imine (C=N–C) groups is 1. The summed E-state index contributed by atoms with van der Waals surface area (Å²) in [6, 6.07) is 38.1. The van der Waals surface area contributed by atoms with Gasteiger partial charge in [0.15, 0.2) is 12.3 Å². The van der Waals surface area contributed by atoms with Gasteiger partial charge < -0.3 is 54.2 Å². The Morgan fingerprint density at radius 2 is 1.11 bits per heavy atom. The van der Waals surface area contributed by atoms with Crippen LogP contribution in [-0.2, 0) is 54.8 Å². The van der Waals surface area contributed by atoms with E-state index in [4.69, 9.17) is 33.4 Å². The number of hydrogen-bond donors (Lipinski definition) is 5. The molecule has 0 spiro atoms. The van der Waals surface area contributed by atoms with Gasteiger partial charge in [-0.25, -0.2) is 4.99 Å². The van der Waals surface area contributed by atoms with Crippen LogP contribution >= 0.6 is 0 Å². The molecule has 280 valence electrons. The number of aliphatic hydroxyl groups excluding tert-OH is 3. The van der Waals surface area contributed by atoms with E-state index in [1.54, 1.807) is 0 Å². The molecule has 0 bridgehead atoms. The Labute approximate surface area is 308 Å². The first-order valence-electron chi connectivity index (χ1n) is 17.9. The topological polar surface area (TPSA) is 161 Å². The summed E-state index contributed by atoms with van der Waals surface area (Å²) in [6.07, 6.45) is -8.20. The SMILES string of the molecule is OC[C@]1(O)[C@@H]2N/C(=N/[C@H]3O[C@H](COCc4ccccc4)[C@@H](OCc4ccccc4)[C@H](OCc4ccccc4)[C@H]3OCc3ccccc3)O[C@@H]2[C@H](O)[C@@H]1O. The normalized spacial score (nSPS) is 31.5. The van der Waals surface area contributed by atoms with Gasteiger partial charge in [0.05, 0.1) is 39.6 Å². The van der Waals surface area contributed by atoms with Gasteiger partial charge in [-0.1, -0.05) is 121 Å². The molecular formula is C41H46N2O10. The van der Waals surface area contributed by atoms with Crippen molar-refractivity contribution in [3.05, 3.63) is 144 Å². The molecule has 7 rings (SSSR count). The predicted molar refractivity (Wildman–Crippen MR) is 193 cm³/mol. The fraction of sp³-hybridized carbons (Fsp3) is 0.390. The highest BCUT2D eigenvalue weighted by Gasteiger charge is 2.64. The minimum absolute atomic E-state index is 0.0504. The Balaban J connectivity index is 1.22. The van der Waals surface area contributed by atoms with E-state index in [-0.39, 0.29) is 32.4 Å². The molecule has 2 saturated heterocycles. The van der Waals surface area contributed by atoms with Crippen LogP contribution in [-0.4, -0.2) is 100 Å². The lowest BCUT2D eigenvalue weighted by Crippen LogP contribution is -2.61. The maximum atomic E-state index is 11.1. The molecule has 0 unspecified atom stereocenters. The van der Waals surface area contributed by atoms with Gasteiger partial charge in [-0.3, -0.25) is 0 Å². The van der Waals surface area contributed by atoms with E-state index >= 15 is 0 Å². The van der Waals surface area contributed by atoms with Gasteiger partial charge in [0.25, 0.3) is 6.02 Å². The number of nitrogens with zero attached hydrogens (tertiary/aromatic N) is 1. The Morgan fingerprint density at radius 3 is 1.62 bits per heavy atom. The van der Waals surface area contributed by atoms with Crippen LogP contribution in [0.5, 0.6) is 0 Å². The Bertz CT molecular complexity index is 1740. The zero-order chi connectivity index (χ0) is 36.6. The van der Waals surface area contributed by atoms with Gasteiger partial charge >= 0.3 is 0 Å². The van der Waals surface area contributed by atoms with Crippen molar-refractivity contribution in [3.8, 4) is 0 Å². The first-order valence-corrected chi connectivity index (χ1v) is 17.9. The monoisotopic (exact) mass is 726 g/mol. The van der Waals surface area contributed by atoms with Crippen LogP contribution < -0.4 is 5.32 Å². The largest absolute Gasteiger partial charge is 0.457 e. The van der Waals surface area contributed by atoms with Crippen LogP contribution in [0, 0.1) is 0 Å². The van der Waals surface area contributed by atoms with E-state index in [1.807, 2.05) is 121 Å². The number of amidine groups is 1. The maximum Gasteiger partial charge on any atom is 0.288 e. The smallest absolute Gasteiger partial charge is 0.288 e. The minimum Gasteiger partial charge on any atom is -0.457 e. The van der Waals surface area contributed by atoms with Gasteiger partial charge in [0.1, 0.15) is 48.3 Å². The highest BCUT2D eigenvalue weighted by atomic mass is 16.6. The average Bonchev–Trinajstić information content (AvgIpc) is 3.70. The molecule has 1 aliphatic carbocycles. The van der Waals surface area contributed by atoms with Crippen molar-refractivity contribution >= 4 is 6.02 Å². The summed E-state index contributed by atoms with van der Waals surface area (Å²) in [4.78, 5) is 4.80. The van der Waals surface area contributed by atoms with Crippen molar-refractivity contribution in [1.29, 1.82) is 0 Å². The molecule has 53 heavy (non-hydrogen) atoms. The zero-order valence-corrected chi connectivity index (χ0v) is 29.2. The molecule has 4 aromatic rings. The molecule has 12 nitrogen and oxygen atoms in total. The summed E-state index contributed by atoms with van der Waals surface area (Å²) in [5, 5.41) is 45.2. The van der Waals surface area contributed by atoms with Crippen LogP contribution in [0.4, 0.5) is 0 Å². The van der Waals surface area contributed by atoms with Crippen molar-refractivity contribution in [2.75, 3.05) is 13.2 Å². The predicted octanol–water partition coefficient (Wildman–Crippen LogP) is 2.86. The molecule has 3 aliphatic rings. The van der Waals surface area contributed by atoms with Crippen molar-refractivity contribution in [1.82, 2.24) is 5.32 Å². The number of fused-ring (bicyclic) bond motifs is 1. The van der Waals surface area contributed by atoms with Crippen LogP contribution in [0.3, 0.4) is 0 Å². The second-order valence-corrected chi connectivity index (χ2v) is 13.6. The quantitative estimate of drug-likeness (QED) is 0.123. The molecule has 4 aromatic carbocycles. The van der Waals surface area contributed by atoms with Crippen LogP contribution in [0.2, 0.25) is 0 Å². The van der Waals surface area contributed by atoms with Crippen LogP contribution in [0.25, 0.3) is 0 Å². The molecule has 2 aliphatic heterocycles. The second-order valence-electron chi connectivity index (χ2n) is 13.6. The summed E-state index contributed by atoms with van der Waals surface area (Å²) in [6.45, 7) is 0.374. The Hall–Kier alpha value is -4.21. The highest BCUT2D eigenvalue weighted by molar-refractivity contribution is 5.77. The van der Waals surface area contributed by atoms with Crippen molar-refractivity contribution in [3.63, 3.8) is 0 Å². The molecule has 5 N–H and O–H groups in total. The van der Waals surface area contributed by atoms with Gasteiger partial charge in [-0.05, 0) is 22.3 Å². The molecule has 3 fully saturated rings. The van der Waals surface area contributed by atoms with E-state index in [0.29, 0.717) is 6.61 Å². The van der Waals surface area contributed by atoms with Crippen molar-refractivity contribution < 1.29 is 48.8 Å². The Morgan fingerprint density at radius 1 is 0.642 bits per heavy atom. The van der Waals surface area contributed by atoms with Crippen LogP contribution in [0.1, 0.15) is 22.3 Å². The van der Waals surface area contributed by atoms with Gasteiger partial charge in [0, 0.05) is 0 Å².